The molecule has 0 fully saturated rings. The molecule has 1 aromatic rings. The third-order valence-corrected chi connectivity index (χ3v) is 4.04. The first-order valence-corrected chi connectivity index (χ1v) is 8.16. The molecule has 1 aliphatic carbocycles. The molecule has 1 aromatic carbocycles. The Bertz CT molecular complexity index is 524. The molecule has 0 saturated carbocycles. The van der Waals surface area contributed by atoms with Crippen LogP contribution in [-0.4, -0.2) is 39.7 Å². The van der Waals surface area contributed by atoms with E-state index >= 15 is 0 Å². The molecule has 0 spiro atoms. The van der Waals surface area contributed by atoms with E-state index in [4.69, 9.17) is 4.74 Å². The molecule has 0 saturated heterocycles. The summed E-state index contributed by atoms with van der Waals surface area (Å²) < 4.78 is 5.62. The van der Waals surface area contributed by atoms with Crippen LogP contribution < -0.4 is 15.0 Å². The number of rotatable bonds is 7. The smallest absolute Gasteiger partial charge is 0.257 e. The largest absolute Gasteiger partial charge is 0.484 e. The minimum absolute atomic E-state index is 0.0534. The van der Waals surface area contributed by atoms with Crippen molar-refractivity contribution < 1.29 is 14.4 Å². The maximum absolute atomic E-state index is 11.9. The van der Waals surface area contributed by atoms with Gasteiger partial charge in [-0.1, -0.05) is 19.9 Å². The molecule has 0 radical (unpaired) electrons. The molecule has 0 atom stereocenters. The van der Waals surface area contributed by atoms with Gasteiger partial charge < -0.3 is 15.0 Å². The molecule has 0 heterocycles. The van der Waals surface area contributed by atoms with E-state index in [0.717, 1.165) is 18.7 Å². The lowest BCUT2D eigenvalue weighted by Crippen LogP contribution is -3.07. The number of aryl methyl sites for hydroxylation is 2. The van der Waals surface area contributed by atoms with Gasteiger partial charge in [-0.3, -0.25) is 4.79 Å². The second-order valence-electron chi connectivity index (χ2n) is 7.40. The van der Waals surface area contributed by atoms with Crippen molar-refractivity contribution in [1.82, 2.24) is 5.32 Å². The van der Waals surface area contributed by atoms with Crippen LogP contribution in [0, 0.1) is 5.41 Å². The highest BCUT2D eigenvalue weighted by Crippen LogP contribution is 2.25. The number of amides is 1. The molecule has 2 N–H and O–H groups in total. The molecule has 4 nitrogen and oxygen atoms in total. The lowest BCUT2D eigenvalue weighted by molar-refractivity contribution is -0.865. The van der Waals surface area contributed by atoms with Gasteiger partial charge in [-0.2, -0.15) is 0 Å². The Balaban J connectivity index is 1.76. The summed E-state index contributed by atoms with van der Waals surface area (Å²) in [6.45, 7) is 6.11. The van der Waals surface area contributed by atoms with E-state index in [1.807, 2.05) is 6.07 Å². The Labute approximate surface area is 133 Å². The van der Waals surface area contributed by atoms with Crippen LogP contribution in [0.1, 0.15) is 31.4 Å². The summed E-state index contributed by atoms with van der Waals surface area (Å²) in [5.74, 6) is 0.745. The Morgan fingerprint density at radius 2 is 2.00 bits per heavy atom. The summed E-state index contributed by atoms with van der Waals surface area (Å²) in [6, 6.07) is 6.17. The molecule has 4 heteroatoms. The lowest BCUT2D eigenvalue weighted by atomic mass is 9.93. The van der Waals surface area contributed by atoms with Crippen molar-refractivity contribution in [1.29, 1.82) is 0 Å². The first kappa shape index (κ1) is 16.8. The van der Waals surface area contributed by atoms with E-state index in [-0.39, 0.29) is 17.9 Å². The standard InChI is InChI=1S/C18H28N2O2/c1-18(2,13-20(3)4)12-19-17(21)11-22-16-9-8-14-6-5-7-15(14)10-16/h8-10H,5-7,11-13H2,1-4H3,(H,19,21)/p+1. The zero-order valence-electron chi connectivity index (χ0n) is 14.3. The Morgan fingerprint density at radius 1 is 1.27 bits per heavy atom. The van der Waals surface area contributed by atoms with Crippen LogP contribution in [0.15, 0.2) is 18.2 Å². The van der Waals surface area contributed by atoms with E-state index in [1.165, 1.54) is 28.9 Å². The molecule has 2 rings (SSSR count). The van der Waals surface area contributed by atoms with E-state index in [1.54, 1.807) is 0 Å². The highest BCUT2D eigenvalue weighted by molar-refractivity contribution is 5.77. The quantitative estimate of drug-likeness (QED) is 0.784. The third-order valence-electron chi connectivity index (χ3n) is 4.04. The highest BCUT2D eigenvalue weighted by atomic mass is 16.5. The molecule has 0 aliphatic heterocycles. The molecule has 0 unspecified atom stereocenters. The van der Waals surface area contributed by atoms with Crippen LogP contribution in [0.5, 0.6) is 5.75 Å². The van der Waals surface area contributed by atoms with Gasteiger partial charge in [0.1, 0.15) is 5.75 Å². The first-order chi connectivity index (χ1) is 10.4. The number of quaternary nitrogens is 1. The lowest BCUT2D eigenvalue weighted by Gasteiger charge is -2.26. The van der Waals surface area contributed by atoms with Crippen molar-refractivity contribution in [3.63, 3.8) is 0 Å². The second kappa shape index (κ2) is 7.14. The summed E-state index contributed by atoms with van der Waals surface area (Å²) in [5.41, 5.74) is 2.87. The average Bonchev–Trinajstić information content (AvgIpc) is 2.89. The average molecular weight is 305 g/mol. The first-order valence-electron chi connectivity index (χ1n) is 8.16. The van der Waals surface area contributed by atoms with Crippen molar-refractivity contribution in [2.75, 3.05) is 33.8 Å². The number of hydrogen-bond donors (Lipinski definition) is 2. The summed E-state index contributed by atoms with van der Waals surface area (Å²) in [4.78, 5) is 13.3. The number of fused-ring (bicyclic) bond motifs is 1. The van der Waals surface area contributed by atoms with Crippen LogP contribution in [0.4, 0.5) is 0 Å². The van der Waals surface area contributed by atoms with Gasteiger partial charge >= 0.3 is 0 Å². The van der Waals surface area contributed by atoms with Crippen LogP contribution in [0.25, 0.3) is 0 Å². The van der Waals surface area contributed by atoms with Gasteiger partial charge in [-0.15, -0.1) is 0 Å². The number of carbonyl (C=O) groups excluding carboxylic acids is 1. The van der Waals surface area contributed by atoms with E-state index in [9.17, 15) is 4.79 Å². The summed E-state index contributed by atoms with van der Waals surface area (Å²) in [5, 5.41) is 2.97. The van der Waals surface area contributed by atoms with Gasteiger partial charge in [0, 0.05) is 12.0 Å². The SMILES string of the molecule is C[NH+](C)CC(C)(C)CNC(=O)COc1ccc2c(c1)CCC2. The minimum atomic E-state index is -0.0534. The third kappa shape index (κ3) is 5.02. The maximum atomic E-state index is 11.9. The fraction of sp³-hybridized carbons (Fsp3) is 0.611. The van der Waals surface area contributed by atoms with Gasteiger partial charge in [0.25, 0.3) is 5.91 Å². The summed E-state index contributed by atoms with van der Waals surface area (Å²) in [7, 11) is 4.25. The summed E-state index contributed by atoms with van der Waals surface area (Å²) in [6.07, 6.45) is 3.51. The van der Waals surface area contributed by atoms with Gasteiger partial charge in [-0.25, -0.2) is 0 Å². The van der Waals surface area contributed by atoms with E-state index in [2.05, 4.69) is 45.4 Å². The normalized spacial score (nSPS) is 14.0. The maximum Gasteiger partial charge on any atom is 0.257 e. The van der Waals surface area contributed by atoms with Gasteiger partial charge in [0.2, 0.25) is 0 Å². The van der Waals surface area contributed by atoms with Crippen molar-refractivity contribution in [3.8, 4) is 5.75 Å². The fourth-order valence-corrected chi connectivity index (χ4v) is 3.20. The van der Waals surface area contributed by atoms with Crippen LogP contribution in [0.2, 0.25) is 0 Å². The van der Waals surface area contributed by atoms with Crippen molar-refractivity contribution in [3.05, 3.63) is 29.3 Å². The topological polar surface area (TPSA) is 42.8 Å². The Kier molecular flexibility index (Phi) is 5.46. The molecule has 0 aromatic heterocycles. The second-order valence-corrected chi connectivity index (χ2v) is 7.40. The van der Waals surface area contributed by atoms with Crippen LogP contribution >= 0.6 is 0 Å². The molecule has 1 aliphatic rings. The van der Waals surface area contributed by atoms with Gasteiger partial charge in [0.15, 0.2) is 6.61 Å². The van der Waals surface area contributed by atoms with Crippen molar-refractivity contribution >= 4 is 5.91 Å². The zero-order valence-corrected chi connectivity index (χ0v) is 14.3. The molecular formula is C18H29N2O2+. The van der Waals surface area contributed by atoms with Gasteiger partial charge in [0.05, 0.1) is 20.6 Å². The molecule has 22 heavy (non-hydrogen) atoms. The van der Waals surface area contributed by atoms with E-state index in [0.29, 0.717) is 6.54 Å². The number of hydrogen-bond acceptors (Lipinski definition) is 2. The van der Waals surface area contributed by atoms with Gasteiger partial charge in [-0.05, 0) is 42.5 Å². The molecule has 1 amide bonds. The molecular weight excluding hydrogens is 276 g/mol. The molecule has 122 valence electrons. The fourth-order valence-electron chi connectivity index (χ4n) is 3.20. The zero-order chi connectivity index (χ0) is 16.2. The van der Waals surface area contributed by atoms with E-state index < -0.39 is 0 Å². The highest BCUT2D eigenvalue weighted by Gasteiger charge is 2.22. The number of ether oxygens (including phenoxy) is 1. The predicted octanol–water partition coefficient (Wildman–Crippen LogP) is 0.841. The minimum Gasteiger partial charge on any atom is -0.484 e. The monoisotopic (exact) mass is 305 g/mol. The Morgan fingerprint density at radius 3 is 2.73 bits per heavy atom. The number of carbonyl (C=O) groups is 1. The van der Waals surface area contributed by atoms with Crippen molar-refractivity contribution in [2.24, 2.45) is 5.41 Å². The predicted molar refractivity (Wildman–Crippen MR) is 88.4 cm³/mol. The van der Waals surface area contributed by atoms with Crippen molar-refractivity contribution in [2.45, 2.75) is 33.1 Å². The number of benzene rings is 1. The Hall–Kier alpha value is -1.55. The van der Waals surface area contributed by atoms with Crippen LogP contribution in [0.3, 0.4) is 0 Å². The van der Waals surface area contributed by atoms with Crippen LogP contribution in [-0.2, 0) is 17.6 Å². The summed E-state index contributed by atoms with van der Waals surface area (Å²) >= 11 is 0. The number of nitrogens with one attached hydrogen (secondary N) is 2. The molecule has 0 bridgehead atoms.